The number of benzene rings is 1. The van der Waals surface area contributed by atoms with Crippen molar-refractivity contribution in [2.45, 2.75) is 75.6 Å². The van der Waals surface area contributed by atoms with Gasteiger partial charge in [0, 0.05) is 32.0 Å². The van der Waals surface area contributed by atoms with Crippen molar-refractivity contribution in [1.82, 2.24) is 5.32 Å². The number of hydrogen-bond donors (Lipinski definition) is 2. The van der Waals surface area contributed by atoms with Crippen LogP contribution in [0.2, 0.25) is 0 Å². The van der Waals surface area contributed by atoms with Gasteiger partial charge >= 0.3 is 0 Å². The minimum absolute atomic E-state index is 0.156. The van der Waals surface area contributed by atoms with Crippen LogP contribution in [0.1, 0.15) is 69.3 Å². The van der Waals surface area contributed by atoms with E-state index in [1.54, 1.807) is 0 Å². The zero-order valence-electron chi connectivity index (χ0n) is 20.0. The Balaban J connectivity index is 1.07. The first-order valence-corrected chi connectivity index (χ1v) is 13.1. The summed E-state index contributed by atoms with van der Waals surface area (Å²) in [5.41, 5.74) is 1.38. The van der Waals surface area contributed by atoms with Gasteiger partial charge in [0.15, 0.2) is 0 Å². The highest BCUT2D eigenvalue weighted by molar-refractivity contribution is 5.29. The minimum atomic E-state index is -0.506. The molecule has 0 atom stereocenters. The molecule has 5 aliphatic rings. The number of rotatable bonds is 11. The van der Waals surface area contributed by atoms with Gasteiger partial charge in [0.25, 0.3) is 0 Å². The Kier molecular flexibility index (Phi) is 7.57. The van der Waals surface area contributed by atoms with Crippen molar-refractivity contribution in [3.63, 3.8) is 0 Å². The quantitative estimate of drug-likeness (QED) is 0.221. The molecule has 0 aromatic heterocycles. The number of nitrogens with one attached hydrogen (secondary N) is 1. The topological polar surface area (TPSA) is 69.2 Å². The van der Waals surface area contributed by atoms with E-state index in [1.165, 1.54) is 37.7 Å². The monoisotopic (exact) mass is 459 g/mol. The molecule has 0 radical (unpaired) electrons. The van der Waals surface area contributed by atoms with Crippen LogP contribution in [0, 0.1) is 23.7 Å². The molecule has 1 aromatic carbocycles. The lowest BCUT2D eigenvalue weighted by molar-refractivity contribution is -0.485. The smallest absolute Gasteiger partial charge is 0.207 e. The van der Waals surface area contributed by atoms with Gasteiger partial charge in [-0.3, -0.25) is 0 Å². The lowest BCUT2D eigenvalue weighted by Crippen LogP contribution is -2.60. The Labute approximate surface area is 198 Å². The third-order valence-corrected chi connectivity index (χ3v) is 8.77. The minimum Gasteiger partial charge on any atom is -0.492 e. The summed E-state index contributed by atoms with van der Waals surface area (Å²) in [5, 5.41) is 11.9. The van der Waals surface area contributed by atoms with Gasteiger partial charge in [-0.2, -0.15) is 0 Å². The van der Waals surface area contributed by atoms with E-state index in [-0.39, 0.29) is 12.7 Å². The van der Waals surface area contributed by atoms with Gasteiger partial charge in [-0.1, -0.05) is 12.1 Å². The Hall–Kier alpha value is -1.18. The fraction of sp³-hybridized carbons (Fsp3) is 0.778. The lowest BCUT2D eigenvalue weighted by Gasteiger charge is -2.58. The maximum Gasteiger partial charge on any atom is 0.207 e. The zero-order chi connectivity index (χ0) is 22.7. The first-order valence-electron chi connectivity index (χ1n) is 13.1. The highest BCUT2D eigenvalue weighted by Crippen LogP contribution is 2.60. The van der Waals surface area contributed by atoms with E-state index in [2.05, 4.69) is 29.6 Å². The maximum absolute atomic E-state index is 8.79. The fourth-order valence-corrected chi connectivity index (χ4v) is 7.26. The number of methoxy groups -OCH3 is 1. The molecule has 6 rings (SSSR count). The predicted molar refractivity (Wildman–Crippen MR) is 126 cm³/mol. The molecule has 5 fully saturated rings. The molecular weight excluding hydrogens is 418 g/mol. The van der Waals surface area contributed by atoms with Crippen LogP contribution in [0.3, 0.4) is 0 Å². The number of ether oxygens (including phenoxy) is 2. The summed E-state index contributed by atoms with van der Waals surface area (Å²) in [6.07, 6.45) is 10.9. The predicted octanol–water partition coefficient (Wildman–Crippen LogP) is 4.42. The zero-order valence-corrected chi connectivity index (χ0v) is 20.0. The molecular formula is C27H41NO5. The van der Waals surface area contributed by atoms with Crippen LogP contribution < -0.4 is 10.1 Å². The molecule has 2 N–H and O–H groups in total. The van der Waals surface area contributed by atoms with E-state index in [9.17, 15) is 0 Å². The van der Waals surface area contributed by atoms with Crippen molar-refractivity contribution in [3.8, 4) is 5.75 Å². The van der Waals surface area contributed by atoms with Crippen LogP contribution in [0.4, 0.5) is 0 Å². The van der Waals surface area contributed by atoms with E-state index in [4.69, 9.17) is 24.4 Å². The summed E-state index contributed by atoms with van der Waals surface area (Å²) in [7, 11) is 1.82. The second kappa shape index (κ2) is 10.6. The van der Waals surface area contributed by atoms with Crippen molar-refractivity contribution >= 4 is 0 Å². The summed E-state index contributed by atoms with van der Waals surface area (Å²) < 4.78 is 11.9. The van der Waals surface area contributed by atoms with Crippen molar-refractivity contribution in [2.75, 3.05) is 33.4 Å². The summed E-state index contributed by atoms with van der Waals surface area (Å²) in [4.78, 5) is 12.4. The van der Waals surface area contributed by atoms with Crippen LogP contribution in [0.15, 0.2) is 24.3 Å². The molecule has 0 amide bonds. The normalized spacial score (nSPS) is 37.4. The van der Waals surface area contributed by atoms with Gasteiger partial charge in [0.1, 0.15) is 12.4 Å². The second-order valence-electron chi connectivity index (χ2n) is 10.8. The van der Waals surface area contributed by atoms with E-state index in [0.717, 1.165) is 49.8 Å². The van der Waals surface area contributed by atoms with Gasteiger partial charge < -0.3 is 19.9 Å². The molecule has 5 aliphatic carbocycles. The van der Waals surface area contributed by atoms with Crippen molar-refractivity contribution in [3.05, 3.63) is 29.8 Å². The largest absolute Gasteiger partial charge is 0.492 e. The van der Waals surface area contributed by atoms with Gasteiger partial charge in [0.05, 0.1) is 12.7 Å². The SMILES string of the molecule is COC1(OO[C@H]2CC[C@@H](c3ccc(OCCNCCO)cc3)CC2)C2CC3CC(C2)CC1C3. The van der Waals surface area contributed by atoms with Crippen molar-refractivity contribution < 1.29 is 24.4 Å². The van der Waals surface area contributed by atoms with Crippen molar-refractivity contribution in [1.29, 1.82) is 0 Å². The molecule has 5 saturated carbocycles. The molecule has 4 bridgehead atoms. The Morgan fingerprint density at radius 2 is 1.58 bits per heavy atom. The van der Waals surface area contributed by atoms with E-state index < -0.39 is 5.79 Å². The van der Waals surface area contributed by atoms with E-state index in [0.29, 0.717) is 30.9 Å². The molecule has 0 heterocycles. The molecule has 0 spiro atoms. The van der Waals surface area contributed by atoms with Crippen LogP contribution in [-0.2, 0) is 14.5 Å². The lowest BCUT2D eigenvalue weighted by atomic mass is 9.53. The first-order chi connectivity index (χ1) is 16.2. The highest BCUT2D eigenvalue weighted by Gasteiger charge is 2.60. The summed E-state index contributed by atoms with van der Waals surface area (Å²) in [5.74, 6) is 3.73. The van der Waals surface area contributed by atoms with Gasteiger partial charge in [0.2, 0.25) is 5.79 Å². The third-order valence-electron chi connectivity index (χ3n) is 8.77. The highest BCUT2D eigenvalue weighted by atomic mass is 17.2. The third kappa shape index (κ3) is 5.10. The van der Waals surface area contributed by atoms with Crippen LogP contribution in [0.25, 0.3) is 0 Å². The average Bonchev–Trinajstić information content (AvgIpc) is 2.84. The standard InChI is InChI=1S/C27H41NO5/c1-30-27(23-15-19-14-20(17-23)18-24(27)16-19)33-32-26-8-4-22(5-9-26)21-2-6-25(7-3-21)31-13-11-28-10-12-29/h2-3,6-7,19-20,22-24,26,28-29H,4-5,8-18H2,1H3/t19?,20?,22-,23?,24?,26+,27?. The van der Waals surface area contributed by atoms with E-state index in [1.807, 2.05) is 7.11 Å². The number of aliphatic hydroxyl groups excluding tert-OH is 1. The van der Waals surface area contributed by atoms with E-state index >= 15 is 0 Å². The van der Waals surface area contributed by atoms with Crippen LogP contribution >= 0.6 is 0 Å². The molecule has 0 saturated heterocycles. The van der Waals surface area contributed by atoms with Gasteiger partial charge in [-0.15, -0.1) is 0 Å². The number of hydrogen-bond acceptors (Lipinski definition) is 6. The molecule has 0 aliphatic heterocycles. The second-order valence-corrected chi connectivity index (χ2v) is 10.8. The molecule has 33 heavy (non-hydrogen) atoms. The van der Waals surface area contributed by atoms with Crippen LogP contribution in [-0.4, -0.2) is 50.4 Å². The molecule has 6 nitrogen and oxygen atoms in total. The molecule has 0 unspecified atom stereocenters. The van der Waals surface area contributed by atoms with Gasteiger partial charge in [-0.25, -0.2) is 9.78 Å². The Morgan fingerprint density at radius 3 is 2.18 bits per heavy atom. The van der Waals surface area contributed by atoms with Crippen molar-refractivity contribution in [2.24, 2.45) is 23.7 Å². The number of aliphatic hydroxyl groups is 1. The van der Waals surface area contributed by atoms with Gasteiger partial charge in [-0.05, 0) is 93.2 Å². The Morgan fingerprint density at radius 1 is 0.909 bits per heavy atom. The molecule has 1 aromatic rings. The first kappa shape index (κ1) is 23.6. The summed E-state index contributed by atoms with van der Waals surface area (Å²) in [6.45, 7) is 2.10. The summed E-state index contributed by atoms with van der Waals surface area (Å²) in [6, 6.07) is 8.55. The average molecular weight is 460 g/mol. The Bertz CT molecular complexity index is 717. The molecule has 6 heteroatoms. The maximum atomic E-state index is 8.79. The summed E-state index contributed by atoms with van der Waals surface area (Å²) >= 11 is 0. The van der Waals surface area contributed by atoms with Crippen LogP contribution in [0.5, 0.6) is 5.75 Å². The fourth-order valence-electron chi connectivity index (χ4n) is 7.26. The molecule has 184 valence electrons.